The Labute approximate surface area is 120 Å². The summed E-state index contributed by atoms with van der Waals surface area (Å²) in [6, 6.07) is 9.66. The Morgan fingerprint density at radius 3 is 3.05 bits per heavy atom. The molecular weight excluding hydrogens is 262 g/mol. The Bertz CT molecular complexity index is 1020. The first-order valence-corrected chi connectivity index (χ1v) is 6.58. The number of pyridine rings is 1. The van der Waals surface area contributed by atoms with Crippen LogP contribution in [0.1, 0.15) is 0 Å². The van der Waals surface area contributed by atoms with Crippen molar-refractivity contribution >= 4 is 27.8 Å². The molecule has 100 valence electrons. The van der Waals surface area contributed by atoms with Crippen LogP contribution in [-0.4, -0.2) is 15.0 Å². The minimum absolute atomic E-state index is 0.636. The second-order valence-corrected chi connectivity index (χ2v) is 5.01. The number of aromatic amines is 2. The highest BCUT2D eigenvalue weighted by Gasteiger charge is 2.14. The number of aryl methyl sites for hydroxylation is 1. The lowest BCUT2D eigenvalue weighted by Crippen LogP contribution is -2.24. The Morgan fingerprint density at radius 2 is 2.19 bits per heavy atom. The quantitative estimate of drug-likeness (QED) is 0.407. The minimum Gasteiger partial charge on any atom is -0.339 e. The van der Waals surface area contributed by atoms with E-state index in [0.717, 1.165) is 33.3 Å². The number of aromatic nitrogens is 4. The fourth-order valence-corrected chi connectivity index (χ4v) is 2.68. The van der Waals surface area contributed by atoms with Crippen LogP contribution in [0, 0.1) is 6.57 Å². The van der Waals surface area contributed by atoms with Crippen molar-refractivity contribution in [2.24, 2.45) is 7.05 Å². The van der Waals surface area contributed by atoms with Crippen LogP contribution in [-0.2, 0) is 7.05 Å². The van der Waals surface area contributed by atoms with Crippen molar-refractivity contribution in [3.05, 3.63) is 54.3 Å². The lowest BCUT2D eigenvalue weighted by Gasteiger charge is -1.97. The summed E-state index contributed by atoms with van der Waals surface area (Å²) in [4.78, 5) is 14.5. The fourth-order valence-electron chi connectivity index (χ4n) is 2.68. The van der Waals surface area contributed by atoms with Gasteiger partial charge in [0.05, 0.1) is 25.2 Å². The molecule has 0 aliphatic carbocycles. The second kappa shape index (κ2) is 4.18. The number of nitrogens with zero attached hydrogens (tertiary/aromatic N) is 3. The smallest absolute Gasteiger partial charge is 0.242 e. The van der Waals surface area contributed by atoms with Crippen molar-refractivity contribution in [1.82, 2.24) is 15.0 Å². The van der Waals surface area contributed by atoms with Crippen LogP contribution in [0.2, 0.25) is 0 Å². The maximum Gasteiger partial charge on any atom is 0.242 e. The molecule has 3 heterocycles. The van der Waals surface area contributed by atoms with Crippen molar-refractivity contribution in [3.63, 3.8) is 0 Å². The summed E-state index contributed by atoms with van der Waals surface area (Å²) in [5.41, 5.74) is 5.57. The summed E-state index contributed by atoms with van der Waals surface area (Å²) in [7, 11) is 2.00. The SMILES string of the molecule is [C-]#[N+]c1cccc(-c2cc3c(ncc4[nH]c[n+](C)c43)[nH]2)c1. The molecule has 2 N–H and O–H groups in total. The van der Waals surface area contributed by atoms with Gasteiger partial charge < -0.3 is 4.98 Å². The van der Waals surface area contributed by atoms with Crippen molar-refractivity contribution in [1.29, 1.82) is 0 Å². The number of imidazole rings is 1. The molecule has 0 saturated carbocycles. The van der Waals surface area contributed by atoms with Crippen molar-refractivity contribution in [2.75, 3.05) is 0 Å². The Balaban J connectivity index is 2.00. The summed E-state index contributed by atoms with van der Waals surface area (Å²) in [6.45, 7) is 7.12. The predicted octanol–water partition coefficient (Wildman–Crippen LogP) is 3.09. The van der Waals surface area contributed by atoms with Crippen LogP contribution < -0.4 is 4.57 Å². The van der Waals surface area contributed by atoms with E-state index in [4.69, 9.17) is 6.57 Å². The average Bonchev–Trinajstić information content (AvgIpc) is 3.10. The van der Waals surface area contributed by atoms with Gasteiger partial charge in [0.15, 0.2) is 16.7 Å². The molecule has 3 aromatic heterocycles. The molecule has 0 unspecified atom stereocenters. The molecule has 5 heteroatoms. The molecule has 0 amide bonds. The highest BCUT2D eigenvalue weighted by atomic mass is 15.0. The molecule has 0 bridgehead atoms. The van der Waals surface area contributed by atoms with E-state index in [1.165, 1.54) is 0 Å². The third-order valence-electron chi connectivity index (χ3n) is 3.68. The molecule has 0 saturated heterocycles. The standard InChI is InChI=1S/C16H11N5/c1-17-11-5-3-4-10(6-11)13-7-12-15-14(19-9-21(15)2)8-18-16(12)20-13/h3-9H,2H3,(H,18,20)/p+1. The van der Waals surface area contributed by atoms with E-state index < -0.39 is 0 Å². The van der Waals surface area contributed by atoms with Gasteiger partial charge in [-0.2, -0.15) is 0 Å². The molecule has 0 atom stereocenters. The van der Waals surface area contributed by atoms with Crippen LogP contribution >= 0.6 is 0 Å². The first kappa shape index (κ1) is 11.7. The molecule has 0 radical (unpaired) electrons. The predicted molar refractivity (Wildman–Crippen MR) is 80.8 cm³/mol. The number of hydrogen-bond donors (Lipinski definition) is 2. The normalized spacial score (nSPS) is 11.0. The summed E-state index contributed by atoms with van der Waals surface area (Å²) in [5, 5.41) is 1.07. The minimum atomic E-state index is 0.636. The van der Waals surface area contributed by atoms with Gasteiger partial charge in [-0.25, -0.2) is 19.4 Å². The molecule has 4 rings (SSSR count). The topological polar surface area (TPSA) is 52.7 Å². The number of nitrogens with one attached hydrogen (secondary N) is 2. The zero-order valence-corrected chi connectivity index (χ0v) is 11.4. The number of fused-ring (bicyclic) bond motifs is 3. The summed E-state index contributed by atoms with van der Waals surface area (Å²) < 4.78 is 2.05. The Hall–Kier alpha value is -3.13. The zero-order valence-electron chi connectivity index (χ0n) is 11.4. The van der Waals surface area contributed by atoms with Crippen LogP contribution in [0.15, 0.2) is 42.9 Å². The molecule has 0 aliphatic heterocycles. The van der Waals surface area contributed by atoms with Crippen molar-refractivity contribution in [2.45, 2.75) is 0 Å². The highest BCUT2D eigenvalue weighted by molar-refractivity contribution is 6.00. The zero-order chi connectivity index (χ0) is 14.4. The Morgan fingerprint density at radius 1 is 1.29 bits per heavy atom. The van der Waals surface area contributed by atoms with E-state index in [9.17, 15) is 0 Å². The van der Waals surface area contributed by atoms with E-state index in [1.54, 1.807) is 0 Å². The fraction of sp³-hybridized carbons (Fsp3) is 0.0625. The molecule has 1 aromatic carbocycles. The summed E-state index contributed by atoms with van der Waals surface area (Å²) >= 11 is 0. The highest BCUT2D eigenvalue weighted by Crippen LogP contribution is 2.28. The van der Waals surface area contributed by atoms with Gasteiger partial charge in [-0.05, 0) is 17.7 Å². The third kappa shape index (κ3) is 1.70. The maximum atomic E-state index is 7.12. The van der Waals surface area contributed by atoms with E-state index in [1.807, 2.05) is 48.4 Å². The van der Waals surface area contributed by atoms with Gasteiger partial charge in [0.25, 0.3) is 0 Å². The van der Waals surface area contributed by atoms with Crippen molar-refractivity contribution < 1.29 is 4.57 Å². The van der Waals surface area contributed by atoms with Gasteiger partial charge in [-0.3, -0.25) is 0 Å². The number of benzene rings is 1. The van der Waals surface area contributed by atoms with Gasteiger partial charge in [-0.15, -0.1) is 0 Å². The molecule has 5 nitrogen and oxygen atoms in total. The molecule has 0 aliphatic rings. The van der Waals surface area contributed by atoms with Crippen LogP contribution in [0.5, 0.6) is 0 Å². The third-order valence-corrected chi connectivity index (χ3v) is 3.68. The lowest BCUT2D eigenvalue weighted by molar-refractivity contribution is -0.643. The van der Waals surface area contributed by atoms with Crippen LogP contribution in [0.4, 0.5) is 5.69 Å². The van der Waals surface area contributed by atoms with Crippen LogP contribution in [0.25, 0.3) is 38.2 Å². The molecule has 21 heavy (non-hydrogen) atoms. The van der Waals surface area contributed by atoms with Gasteiger partial charge in [0.1, 0.15) is 5.65 Å². The average molecular weight is 274 g/mol. The van der Waals surface area contributed by atoms with E-state index >= 15 is 0 Å². The summed E-state index contributed by atoms with van der Waals surface area (Å²) in [5.74, 6) is 0. The van der Waals surface area contributed by atoms with E-state index in [2.05, 4.69) is 25.9 Å². The van der Waals surface area contributed by atoms with Gasteiger partial charge in [0, 0.05) is 5.69 Å². The van der Waals surface area contributed by atoms with Crippen LogP contribution in [0.3, 0.4) is 0 Å². The maximum absolute atomic E-state index is 7.12. The molecule has 0 fully saturated rings. The van der Waals surface area contributed by atoms with E-state index in [-0.39, 0.29) is 0 Å². The van der Waals surface area contributed by atoms with Gasteiger partial charge in [0.2, 0.25) is 6.33 Å². The molecule has 4 aromatic rings. The Kier molecular flexibility index (Phi) is 2.33. The first-order chi connectivity index (χ1) is 10.3. The van der Waals surface area contributed by atoms with E-state index in [0.29, 0.717) is 5.69 Å². The number of hydrogen-bond acceptors (Lipinski definition) is 1. The van der Waals surface area contributed by atoms with Gasteiger partial charge >= 0.3 is 0 Å². The summed E-state index contributed by atoms with van der Waals surface area (Å²) in [6.07, 6.45) is 3.74. The largest absolute Gasteiger partial charge is 0.339 e. The lowest BCUT2D eigenvalue weighted by atomic mass is 10.1. The molecule has 0 spiro atoms. The number of H-pyrrole nitrogens is 2. The first-order valence-electron chi connectivity index (χ1n) is 6.58. The molecular formula is C16H12N5+. The monoisotopic (exact) mass is 274 g/mol. The van der Waals surface area contributed by atoms with Gasteiger partial charge in [-0.1, -0.05) is 18.2 Å². The number of rotatable bonds is 1. The van der Waals surface area contributed by atoms with Crippen molar-refractivity contribution in [3.8, 4) is 11.3 Å². The second-order valence-electron chi connectivity index (χ2n) is 5.01.